The van der Waals surface area contributed by atoms with Crippen LogP contribution >= 0.6 is 0 Å². The maximum Gasteiger partial charge on any atom is 0.313 e. The van der Waals surface area contributed by atoms with E-state index in [2.05, 4.69) is 26.0 Å². The molecule has 22 heavy (non-hydrogen) atoms. The summed E-state index contributed by atoms with van der Waals surface area (Å²) >= 11 is 0. The molecule has 0 aliphatic heterocycles. The first-order valence-corrected chi connectivity index (χ1v) is 6.57. The van der Waals surface area contributed by atoms with Crippen molar-refractivity contribution >= 4 is 17.5 Å². The van der Waals surface area contributed by atoms with E-state index in [1.54, 1.807) is 31.3 Å². The Morgan fingerprint density at radius 1 is 1.27 bits per heavy atom. The van der Waals surface area contributed by atoms with Crippen LogP contribution in [-0.4, -0.2) is 49.8 Å². The van der Waals surface area contributed by atoms with E-state index in [1.807, 2.05) is 0 Å². The molecular weight excluding hydrogens is 288 g/mol. The Balaban J connectivity index is 1.96. The third-order valence-corrected chi connectivity index (χ3v) is 2.67. The molecule has 0 radical (unpaired) electrons. The molecule has 1 heterocycles. The van der Waals surface area contributed by atoms with E-state index < -0.39 is 17.9 Å². The lowest BCUT2D eigenvalue weighted by atomic mass is 10.2. The maximum atomic E-state index is 11.6. The van der Waals surface area contributed by atoms with Crippen molar-refractivity contribution in [2.24, 2.45) is 7.05 Å². The summed E-state index contributed by atoms with van der Waals surface area (Å²) in [6, 6.07) is 6.68. The number of carbonyl (C=O) groups is 2. The number of rotatable bonds is 4. The highest BCUT2D eigenvalue weighted by Crippen LogP contribution is 2.16. The minimum absolute atomic E-state index is 0.0174. The lowest BCUT2D eigenvalue weighted by Gasteiger charge is -2.08. The fraction of sp³-hybridized carbons (Fsp3) is 0.308. The number of anilines is 1. The molecule has 2 amide bonds. The van der Waals surface area contributed by atoms with Crippen LogP contribution < -0.4 is 10.6 Å². The van der Waals surface area contributed by atoms with E-state index in [0.717, 1.165) is 5.56 Å². The number of aliphatic hydroxyl groups excluding tert-OH is 1. The van der Waals surface area contributed by atoms with Gasteiger partial charge in [0.25, 0.3) is 0 Å². The van der Waals surface area contributed by atoms with Gasteiger partial charge in [0.2, 0.25) is 5.82 Å². The van der Waals surface area contributed by atoms with Gasteiger partial charge in [-0.05, 0) is 36.4 Å². The summed E-state index contributed by atoms with van der Waals surface area (Å²) in [6.45, 7) is 1.53. The van der Waals surface area contributed by atoms with Crippen molar-refractivity contribution in [3.05, 3.63) is 24.3 Å². The molecule has 0 spiro atoms. The van der Waals surface area contributed by atoms with Gasteiger partial charge in [-0.15, -0.1) is 10.2 Å². The monoisotopic (exact) mass is 304 g/mol. The number of nitrogens with one attached hydrogen (secondary N) is 2. The Hall–Kier alpha value is -2.81. The summed E-state index contributed by atoms with van der Waals surface area (Å²) < 4.78 is 0. The van der Waals surface area contributed by atoms with Gasteiger partial charge in [-0.1, -0.05) is 0 Å². The molecule has 0 aliphatic rings. The SMILES string of the molecule is C[C@@H](O)CNC(=O)C(=O)Nc1ccc(-c2nnn(C)n2)cc1. The first-order valence-electron chi connectivity index (χ1n) is 6.57. The second-order valence-corrected chi connectivity index (χ2v) is 4.69. The molecule has 0 saturated heterocycles. The van der Waals surface area contributed by atoms with Crippen molar-refractivity contribution in [3.63, 3.8) is 0 Å². The van der Waals surface area contributed by atoms with Crippen LogP contribution in [-0.2, 0) is 16.6 Å². The van der Waals surface area contributed by atoms with Gasteiger partial charge < -0.3 is 15.7 Å². The fourth-order valence-corrected chi connectivity index (χ4v) is 1.61. The van der Waals surface area contributed by atoms with E-state index in [-0.39, 0.29) is 6.54 Å². The van der Waals surface area contributed by atoms with Crippen molar-refractivity contribution in [2.75, 3.05) is 11.9 Å². The summed E-state index contributed by atoms with van der Waals surface area (Å²) in [4.78, 5) is 24.5. The predicted molar refractivity (Wildman–Crippen MR) is 77.6 cm³/mol. The van der Waals surface area contributed by atoms with E-state index in [1.165, 1.54) is 11.7 Å². The zero-order valence-electron chi connectivity index (χ0n) is 12.1. The fourth-order valence-electron chi connectivity index (χ4n) is 1.61. The number of tetrazole rings is 1. The quantitative estimate of drug-likeness (QED) is 0.643. The molecule has 0 bridgehead atoms. The number of carbonyl (C=O) groups excluding carboxylic acids is 2. The highest BCUT2D eigenvalue weighted by molar-refractivity contribution is 6.39. The molecule has 0 unspecified atom stereocenters. The van der Waals surface area contributed by atoms with Crippen LogP contribution in [0.25, 0.3) is 11.4 Å². The van der Waals surface area contributed by atoms with E-state index in [9.17, 15) is 9.59 Å². The van der Waals surface area contributed by atoms with E-state index in [4.69, 9.17) is 5.11 Å². The molecular formula is C13H16N6O3. The Labute approximate surface area is 126 Å². The van der Waals surface area contributed by atoms with Crippen LogP contribution in [0.3, 0.4) is 0 Å². The standard InChI is InChI=1S/C13H16N6O3/c1-8(20)7-14-12(21)13(22)15-10-5-3-9(4-6-10)11-16-18-19(2)17-11/h3-6,8,20H,7H2,1-2H3,(H,14,21)(H,15,22)/t8-/m1/s1. The van der Waals surface area contributed by atoms with E-state index >= 15 is 0 Å². The van der Waals surface area contributed by atoms with Gasteiger partial charge in [-0.3, -0.25) is 9.59 Å². The van der Waals surface area contributed by atoms with Crippen molar-refractivity contribution in [3.8, 4) is 11.4 Å². The van der Waals surface area contributed by atoms with Gasteiger partial charge in [0.05, 0.1) is 13.2 Å². The van der Waals surface area contributed by atoms with Crippen molar-refractivity contribution < 1.29 is 14.7 Å². The van der Waals surface area contributed by atoms with Crippen LogP contribution in [0.2, 0.25) is 0 Å². The highest BCUT2D eigenvalue weighted by atomic mass is 16.3. The number of amides is 2. The van der Waals surface area contributed by atoms with Crippen molar-refractivity contribution in [1.82, 2.24) is 25.5 Å². The Morgan fingerprint density at radius 2 is 1.95 bits per heavy atom. The van der Waals surface area contributed by atoms with Crippen molar-refractivity contribution in [1.29, 1.82) is 0 Å². The van der Waals surface area contributed by atoms with Gasteiger partial charge >= 0.3 is 11.8 Å². The average molecular weight is 304 g/mol. The molecule has 3 N–H and O–H groups in total. The molecule has 9 nitrogen and oxygen atoms in total. The molecule has 0 aliphatic carbocycles. The number of hydrogen-bond acceptors (Lipinski definition) is 6. The summed E-state index contributed by atoms with van der Waals surface area (Å²) in [6.07, 6.45) is -0.712. The van der Waals surface area contributed by atoms with Gasteiger partial charge in [0, 0.05) is 17.8 Å². The molecule has 1 atom stereocenters. The summed E-state index contributed by atoms with van der Waals surface area (Å²) in [5.74, 6) is -1.14. The topological polar surface area (TPSA) is 122 Å². The minimum atomic E-state index is -0.805. The number of benzene rings is 1. The zero-order valence-corrected chi connectivity index (χ0v) is 12.1. The lowest BCUT2D eigenvalue weighted by Crippen LogP contribution is -2.38. The van der Waals surface area contributed by atoms with Gasteiger partial charge in [0.15, 0.2) is 0 Å². The van der Waals surface area contributed by atoms with E-state index in [0.29, 0.717) is 11.5 Å². The number of aliphatic hydroxyl groups is 1. The van der Waals surface area contributed by atoms with Gasteiger partial charge in [-0.2, -0.15) is 4.80 Å². The summed E-state index contributed by atoms with van der Waals surface area (Å²) in [5.41, 5.74) is 1.20. The molecule has 116 valence electrons. The number of nitrogens with zero attached hydrogens (tertiary/aromatic N) is 4. The Morgan fingerprint density at radius 3 is 2.50 bits per heavy atom. The van der Waals surface area contributed by atoms with Crippen molar-refractivity contribution in [2.45, 2.75) is 13.0 Å². The highest BCUT2D eigenvalue weighted by Gasteiger charge is 2.14. The van der Waals surface area contributed by atoms with Gasteiger partial charge in [0.1, 0.15) is 0 Å². The third kappa shape index (κ3) is 4.09. The third-order valence-electron chi connectivity index (χ3n) is 2.67. The number of hydrogen-bond donors (Lipinski definition) is 3. The van der Waals surface area contributed by atoms with Gasteiger partial charge in [-0.25, -0.2) is 0 Å². The predicted octanol–water partition coefficient (Wildman–Crippen LogP) is -0.687. The number of aromatic nitrogens is 4. The molecule has 2 aromatic rings. The molecule has 1 aromatic heterocycles. The second kappa shape index (κ2) is 6.76. The normalized spacial score (nSPS) is 11.8. The minimum Gasteiger partial charge on any atom is -0.392 e. The lowest BCUT2D eigenvalue weighted by molar-refractivity contribution is -0.136. The largest absolute Gasteiger partial charge is 0.392 e. The zero-order chi connectivity index (χ0) is 16.1. The number of aryl methyl sites for hydroxylation is 1. The molecule has 0 saturated carbocycles. The first-order chi connectivity index (χ1) is 10.5. The van der Waals surface area contributed by atoms with Crippen LogP contribution in [0, 0.1) is 0 Å². The second-order valence-electron chi connectivity index (χ2n) is 4.69. The maximum absolute atomic E-state index is 11.6. The molecule has 0 fully saturated rings. The summed E-state index contributed by atoms with van der Waals surface area (Å²) in [7, 11) is 1.66. The van der Waals surface area contributed by atoms with Crippen LogP contribution in [0.15, 0.2) is 24.3 Å². The smallest absolute Gasteiger partial charge is 0.313 e. The average Bonchev–Trinajstić information content (AvgIpc) is 2.92. The molecule has 9 heteroatoms. The van der Waals surface area contributed by atoms with Crippen LogP contribution in [0.4, 0.5) is 5.69 Å². The first kappa shape index (κ1) is 15.6. The molecule has 1 aromatic carbocycles. The van der Waals surface area contributed by atoms with Crippen LogP contribution in [0.5, 0.6) is 0 Å². The Kier molecular flexibility index (Phi) is 4.79. The summed E-state index contributed by atoms with van der Waals surface area (Å²) in [5, 5.41) is 25.5. The Bertz CT molecular complexity index is 665. The molecule has 2 rings (SSSR count). The van der Waals surface area contributed by atoms with Crippen LogP contribution in [0.1, 0.15) is 6.92 Å².